The number of nitrogens with zero attached hydrogens (tertiary/aromatic N) is 2. The van der Waals surface area contributed by atoms with Crippen LogP contribution in [0, 0.1) is 0 Å². The van der Waals surface area contributed by atoms with Crippen molar-refractivity contribution in [2.24, 2.45) is 0 Å². The fraction of sp³-hybridized carbons (Fsp3) is 0.227. The molecule has 0 atom stereocenters. The van der Waals surface area contributed by atoms with Gasteiger partial charge in [0.2, 0.25) is 0 Å². The molecule has 0 bridgehead atoms. The molecule has 0 saturated heterocycles. The van der Waals surface area contributed by atoms with E-state index in [-0.39, 0.29) is 35.7 Å². The van der Waals surface area contributed by atoms with Crippen LogP contribution in [-0.2, 0) is 12.5 Å². The maximum atomic E-state index is 14.1. The lowest BCUT2D eigenvalue weighted by atomic mass is 9.96. The minimum absolute atomic E-state index is 0.0114. The number of nitrogens with one attached hydrogen (secondary N) is 2. The molecule has 0 radical (unpaired) electrons. The molecule has 0 aliphatic rings. The monoisotopic (exact) mass is 522 g/mol. The van der Waals surface area contributed by atoms with Crippen molar-refractivity contribution >= 4 is 17.4 Å². The van der Waals surface area contributed by atoms with Gasteiger partial charge in [-0.15, -0.1) is 0 Å². The zero-order valence-electron chi connectivity index (χ0n) is 17.8. The van der Waals surface area contributed by atoms with Gasteiger partial charge in [-0.3, -0.25) is 9.78 Å². The summed E-state index contributed by atoms with van der Waals surface area (Å²) in [6.07, 6.45) is -2.42. The standard InChI is InChI=1S/C22H15F9N4O/c23-19(24,20(25,26)21(27,28)22(29,30)31)14-3-5-15(6-4-14)35-18(36)16-2-1-9-33-17(16)34-12-13-7-10-32-11-8-13/h1-11H,12H2,(H,33,34)(H,35,36). The van der Waals surface area contributed by atoms with E-state index in [0.717, 1.165) is 5.56 Å². The number of carbonyl (C=O) groups excluding carboxylic acids is 1. The molecule has 2 aromatic heterocycles. The quantitative estimate of drug-likeness (QED) is 0.343. The van der Waals surface area contributed by atoms with Gasteiger partial charge in [0, 0.05) is 36.4 Å². The van der Waals surface area contributed by atoms with Crippen LogP contribution < -0.4 is 10.6 Å². The molecule has 0 spiro atoms. The van der Waals surface area contributed by atoms with E-state index in [0.29, 0.717) is 12.1 Å². The molecule has 2 N–H and O–H groups in total. The average Bonchev–Trinajstić information content (AvgIpc) is 2.83. The maximum Gasteiger partial charge on any atom is 0.460 e. The van der Waals surface area contributed by atoms with Gasteiger partial charge in [-0.2, -0.15) is 39.5 Å². The molecule has 5 nitrogen and oxygen atoms in total. The topological polar surface area (TPSA) is 66.9 Å². The van der Waals surface area contributed by atoms with Crippen molar-refractivity contribution in [2.45, 2.75) is 30.5 Å². The number of pyridine rings is 2. The summed E-state index contributed by atoms with van der Waals surface area (Å²) >= 11 is 0. The van der Waals surface area contributed by atoms with Crippen molar-refractivity contribution in [1.82, 2.24) is 9.97 Å². The van der Waals surface area contributed by atoms with Crippen molar-refractivity contribution in [1.29, 1.82) is 0 Å². The van der Waals surface area contributed by atoms with E-state index in [1.54, 1.807) is 24.5 Å². The van der Waals surface area contributed by atoms with Crippen LogP contribution in [0.25, 0.3) is 0 Å². The van der Waals surface area contributed by atoms with Gasteiger partial charge in [0.25, 0.3) is 5.91 Å². The van der Waals surface area contributed by atoms with Crippen molar-refractivity contribution < 1.29 is 44.3 Å². The normalized spacial score (nSPS) is 12.8. The number of aromatic nitrogens is 2. The van der Waals surface area contributed by atoms with Gasteiger partial charge in [0.15, 0.2) is 0 Å². The highest BCUT2D eigenvalue weighted by molar-refractivity contribution is 6.07. The second-order valence-electron chi connectivity index (χ2n) is 7.36. The Morgan fingerprint density at radius 1 is 0.778 bits per heavy atom. The first-order valence-corrected chi connectivity index (χ1v) is 9.88. The molecule has 0 aliphatic heterocycles. The van der Waals surface area contributed by atoms with Crippen LogP contribution in [-0.4, -0.2) is 33.9 Å². The molecular formula is C22H15F9N4O. The number of carbonyl (C=O) groups is 1. The summed E-state index contributed by atoms with van der Waals surface area (Å²) < 4.78 is 119. The van der Waals surface area contributed by atoms with Crippen LogP contribution >= 0.6 is 0 Å². The van der Waals surface area contributed by atoms with Gasteiger partial charge < -0.3 is 10.6 Å². The fourth-order valence-corrected chi connectivity index (χ4v) is 2.93. The maximum absolute atomic E-state index is 14.1. The molecule has 0 aliphatic carbocycles. The van der Waals surface area contributed by atoms with Crippen LogP contribution in [0.1, 0.15) is 21.5 Å². The molecule has 3 aromatic rings. The molecule has 1 aromatic carbocycles. The van der Waals surface area contributed by atoms with E-state index < -0.39 is 35.4 Å². The summed E-state index contributed by atoms with van der Waals surface area (Å²) in [4.78, 5) is 20.5. The van der Waals surface area contributed by atoms with Crippen molar-refractivity contribution in [3.63, 3.8) is 0 Å². The van der Waals surface area contributed by atoms with Crippen LogP contribution in [0.2, 0.25) is 0 Å². The van der Waals surface area contributed by atoms with Crippen LogP contribution in [0.15, 0.2) is 67.1 Å². The summed E-state index contributed by atoms with van der Waals surface area (Å²) in [5.41, 5.74) is -1.21. The smallest absolute Gasteiger partial charge is 0.365 e. The summed E-state index contributed by atoms with van der Waals surface area (Å²) in [7, 11) is 0. The average molecular weight is 522 g/mol. The number of hydrogen-bond acceptors (Lipinski definition) is 4. The molecule has 36 heavy (non-hydrogen) atoms. The first-order chi connectivity index (χ1) is 16.7. The SMILES string of the molecule is O=C(Nc1ccc(C(F)(F)C(F)(F)C(F)(F)C(F)(F)F)cc1)c1cccnc1NCc1ccncc1. The third-order valence-corrected chi connectivity index (χ3v) is 4.91. The van der Waals surface area contributed by atoms with Crippen molar-refractivity contribution in [3.05, 3.63) is 83.8 Å². The van der Waals surface area contributed by atoms with Crippen LogP contribution in [0.3, 0.4) is 0 Å². The van der Waals surface area contributed by atoms with Gasteiger partial charge in [0.1, 0.15) is 5.82 Å². The number of halogens is 9. The lowest BCUT2D eigenvalue weighted by Gasteiger charge is -2.33. The van der Waals surface area contributed by atoms with E-state index >= 15 is 0 Å². The van der Waals surface area contributed by atoms with Gasteiger partial charge >= 0.3 is 23.9 Å². The lowest BCUT2D eigenvalue weighted by molar-refractivity contribution is -0.399. The van der Waals surface area contributed by atoms with Gasteiger partial charge in [-0.05, 0) is 42.0 Å². The number of amides is 1. The third-order valence-electron chi connectivity index (χ3n) is 4.91. The van der Waals surface area contributed by atoms with Crippen molar-refractivity contribution in [3.8, 4) is 0 Å². The fourth-order valence-electron chi connectivity index (χ4n) is 2.93. The van der Waals surface area contributed by atoms with E-state index in [1.807, 2.05) is 0 Å². The summed E-state index contributed by atoms with van der Waals surface area (Å²) in [5, 5.41) is 5.20. The largest absolute Gasteiger partial charge is 0.460 e. The van der Waals surface area contributed by atoms with E-state index in [1.165, 1.54) is 18.3 Å². The first kappa shape index (κ1) is 26.8. The second-order valence-corrected chi connectivity index (χ2v) is 7.36. The number of benzene rings is 1. The minimum Gasteiger partial charge on any atom is -0.365 e. The Labute approximate surface area is 197 Å². The zero-order chi connectivity index (χ0) is 26.8. The second kappa shape index (κ2) is 9.66. The Balaban J connectivity index is 1.77. The van der Waals surface area contributed by atoms with Crippen LogP contribution in [0.5, 0.6) is 0 Å². The number of alkyl halides is 9. The molecule has 0 saturated carbocycles. The number of hydrogen-bond donors (Lipinski definition) is 2. The molecule has 0 fully saturated rings. The Morgan fingerprint density at radius 2 is 1.39 bits per heavy atom. The Hall–Kier alpha value is -3.84. The Kier molecular flexibility index (Phi) is 7.18. The molecule has 1 amide bonds. The summed E-state index contributed by atoms with van der Waals surface area (Å²) in [6, 6.07) is 7.96. The zero-order valence-corrected chi connectivity index (χ0v) is 17.8. The highest BCUT2D eigenvalue weighted by atomic mass is 19.4. The van der Waals surface area contributed by atoms with E-state index in [9.17, 15) is 44.3 Å². The lowest BCUT2D eigenvalue weighted by Crippen LogP contribution is -2.59. The van der Waals surface area contributed by atoms with Gasteiger partial charge in [-0.1, -0.05) is 12.1 Å². The molecule has 2 heterocycles. The molecule has 3 rings (SSSR count). The molecule has 0 unspecified atom stereocenters. The highest BCUT2D eigenvalue weighted by Crippen LogP contribution is 2.56. The summed E-state index contributed by atoms with van der Waals surface area (Å²) in [6.45, 7) is 0.264. The third kappa shape index (κ3) is 5.06. The Bertz CT molecular complexity index is 1200. The van der Waals surface area contributed by atoms with E-state index in [4.69, 9.17) is 0 Å². The predicted molar refractivity (Wildman–Crippen MR) is 110 cm³/mol. The van der Waals surface area contributed by atoms with Crippen LogP contribution in [0.4, 0.5) is 51.0 Å². The number of rotatable bonds is 8. The van der Waals surface area contributed by atoms with Gasteiger partial charge in [-0.25, -0.2) is 4.98 Å². The van der Waals surface area contributed by atoms with E-state index in [2.05, 4.69) is 20.6 Å². The summed E-state index contributed by atoms with van der Waals surface area (Å²) in [5.74, 6) is -20.3. The highest BCUT2D eigenvalue weighted by Gasteiger charge is 2.82. The molecule has 14 heteroatoms. The predicted octanol–water partition coefficient (Wildman–Crippen LogP) is 6.27. The van der Waals surface area contributed by atoms with Gasteiger partial charge in [0.05, 0.1) is 5.56 Å². The minimum atomic E-state index is -7.00. The number of anilines is 2. The Morgan fingerprint density at radius 3 is 1.97 bits per heavy atom. The molecule has 192 valence electrons. The first-order valence-electron chi connectivity index (χ1n) is 9.88. The molecular weight excluding hydrogens is 507 g/mol. The van der Waals surface area contributed by atoms with Crippen molar-refractivity contribution in [2.75, 3.05) is 10.6 Å².